The van der Waals surface area contributed by atoms with Gasteiger partial charge < -0.3 is 24.3 Å². The summed E-state index contributed by atoms with van der Waals surface area (Å²) in [6.07, 6.45) is 0. The van der Waals surface area contributed by atoms with Crippen LogP contribution in [-0.2, 0) is 6.54 Å². The number of hydrogen-bond donors (Lipinski definition) is 1. The number of carbonyl (C=O) groups excluding carboxylic acids is 1. The summed E-state index contributed by atoms with van der Waals surface area (Å²) in [6, 6.07) is 20.8. The van der Waals surface area contributed by atoms with Gasteiger partial charge in [-0.05, 0) is 48.0 Å². The number of hydrogen-bond acceptors (Lipinski definition) is 6. The van der Waals surface area contributed by atoms with Crippen molar-refractivity contribution >= 4 is 16.8 Å². The van der Waals surface area contributed by atoms with E-state index in [4.69, 9.17) is 23.9 Å². The number of nitrogens with zero attached hydrogens (tertiary/aromatic N) is 1. The topological polar surface area (TPSA) is 78.9 Å². The molecule has 1 N–H and O–H groups in total. The highest BCUT2D eigenvalue weighted by Crippen LogP contribution is 2.35. The summed E-state index contributed by atoms with van der Waals surface area (Å²) in [5, 5.41) is 3.81. The lowest BCUT2D eigenvalue weighted by Gasteiger charge is -2.19. The molecule has 2 aliphatic rings. The lowest BCUT2D eigenvalue weighted by Crippen LogP contribution is -2.23. The number of aromatic nitrogens is 1. The molecule has 1 amide bonds. The van der Waals surface area contributed by atoms with Gasteiger partial charge in [-0.25, -0.2) is 4.98 Å². The van der Waals surface area contributed by atoms with Gasteiger partial charge in [-0.1, -0.05) is 24.3 Å². The van der Waals surface area contributed by atoms with Crippen LogP contribution in [0.15, 0.2) is 66.7 Å². The zero-order valence-electron chi connectivity index (χ0n) is 17.7. The van der Waals surface area contributed by atoms with Crippen LogP contribution in [0.3, 0.4) is 0 Å². The number of nitrogens with one attached hydrogen (secondary N) is 1. The van der Waals surface area contributed by atoms with Crippen molar-refractivity contribution in [2.45, 2.75) is 6.54 Å². The molecule has 7 nitrogen and oxygen atoms in total. The highest BCUT2D eigenvalue weighted by Gasteiger charge is 2.18. The first-order chi connectivity index (χ1) is 16.2. The fourth-order valence-electron chi connectivity index (χ4n) is 4.04. The summed E-state index contributed by atoms with van der Waals surface area (Å²) in [7, 11) is 0. The van der Waals surface area contributed by atoms with Crippen molar-refractivity contribution in [2.75, 3.05) is 20.0 Å². The number of rotatable bonds is 4. The molecule has 0 fully saturated rings. The van der Waals surface area contributed by atoms with E-state index >= 15 is 0 Å². The van der Waals surface area contributed by atoms with Gasteiger partial charge in [0.15, 0.2) is 23.0 Å². The molecule has 1 aromatic heterocycles. The summed E-state index contributed by atoms with van der Waals surface area (Å²) < 4.78 is 22.1. The van der Waals surface area contributed by atoms with Crippen molar-refractivity contribution < 1.29 is 23.7 Å². The average Bonchev–Trinajstić information content (AvgIpc) is 3.34. The molecule has 33 heavy (non-hydrogen) atoms. The van der Waals surface area contributed by atoms with E-state index in [2.05, 4.69) is 5.32 Å². The van der Waals surface area contributed by atoms with Gasteiger partial charge in [-0.2, -0.15) is 0 Å². The van der Waals surface area contributed by atoms with E-state index in [9.17, 15) is 4.79 Å². The van der Waals surface area contributed by atoms with Crippen LogP contribution in [0, 0.1) is 0 Å². The van der Waals surface area contributed by atoms with Crippen LogP contribution in [0.2, 0.25) is 0 Å². The minimum absolute atomic E-state index is 0.176. The second-order valence-electron chi connectivity index (χ2n) is 7.80. The van der Waals surface area contributed by atoms with E-state index < -0.39 is 0 Å². The molecule has 3 aromatic carbocycles. The van der Waals surface area contributed by atoms with Crippen LogP contribution in [0.4, 0.5) is 0 Å². The summed E-state index contributed by atoms with van der Waals surface area (Å²) in [5.41, 5.74) is 3.79. The van der Waals surface area contributed by atoms with E-state index in [1.807, 2.05) is 66.7 Å². The second-order valence-corrected chi connectivity index (χ2v) is 7.80. The van der Waals surface area contributed by atoms with Gasteiger partial charge in [-0.3, -0.25) is 4.79 Å². The largest absolute Gasteiger partial charge is 0.486 e. The zero-order valence-corrected chi connectivity index (χ0v) is 17.7. The molecule has 0 saturated carbocycles. The molecule has 0 saturated heterocycles. The Labute approximate surface area is 189 Å². The molecule has 0 spiro atoms. The van der Waals surface area contributed by atoms with Crippen molar-refractivity contribution in [3.63, 3.8) is 0 Å². The lowest BCUT2D eigenvalue weighted by molar-refractivity contribution is 0.0952. The molecule has 3 heterocycles. The van der Waals surface area contributed by atoms with Gasteiger partial charge in [0.1, 0.15) is 13.2 Å². The summed E-state index contributed by atoms with van der Waals surface area (Å²) in [6.45, 7) is 1.63. The third-order valence-corrected chi connectivity index (χ3v) is 5.69. The Bertz CT molecular complexity index is 1380. The van der Waals surface area contributed by atoms with E-state index in [-0.39, 0.29) is 12.7 Å². The molecule has 4 aromatic rings. The predicted molar refractivity (Wildman–Crippen MR) is 122 cm³/mol. The van der Waals surface area contributed by atoms with Crippen LogP contribution in [0.1, 0.15) is 15.9 Å². The third-order valence-electron chi connectivity index (χ3n) is 5.69. The van der Waals surface area contributed by atoms with Crippen LogP contribution in [0.5, 0.6) is 23.0 Å². The van der Waals surface area contributed by atoms with Gasteiger partial charge in [0, 0.05) is 17.5 Å². The lowest BCUT2D eigenvalue weighted by atomic mass is 10.0. The van der Waals surface area contributed by atoms with Crippen LogP contribution in [0.25, 0.3) is 22.2 Å². The maximum Gasteiger partial charge on any atom is 0.252 e. The van der Waals surface area contributed by atoms with Crippen LogP contribution in [-0.4, -0.2) is 30.9 Å². The summed E-state index contributed by atoms with van der Waals surface area (Å²) in [4.78, 5) is 18.0. The summed E-state index contributed by atoms with van der Waals surface area (Å²) in [5.74, 6) is 2.63. The first-order valence-corrected chi connectivity index (χ1v) is 10.7. The molecule has 164 valence electrons. The van der Waals surface area contributed by atoms with Crippen molar-refractivity contribution in [3.8, 4) is 34.3 Å². The standard InChI is InChI=1S/C26H20N2O5/c29-26(27-14-16-5-7-23-24(11-16)33-15-32-23)19-13-21(28-20-4-2-1-3-18(19)20)17-6-8-22-25(12-17)31-10-9-30-22/h1-8,11-13H,9-10,14-15H2,(H,27,29). The Kier molecular flexibility index (Phi) is 4.72. The smallest absolute Gasteiger partial charge is 0.252 e. The average molecular weight is 440 g/mol. The molecule has 0 bridgehead atoms. The predicted octanol–water partition coefficient (Wildman–Crippen LogP) is 4.33. The minimum atomic E-state index is -0.176. The van der Waals surface area contributed by atoms with Crippen LogP contribution < -0.4 is 24.3 Å². The Morgan fingerprint density at radius 2 is 1.58 bits per heavy atom. The maximum atomic E-state index is 13.2. The Morgan fingerprint density at radius 1 is 0.818 bits per heavy atom. The SMILES string of the molecule is O=C(NCc1ccc2c(c1)OCO2)c1cc(-c2ccc3c(c2)OCCO3)nc2ccccc12. The van der Waals surface area contributed by atoms with Gasteiger partial charge in [0.25, 0.3) is 5.91 Å². The highest BCUT2D eigenvalue weighted by molar-refractivity contribution is 6.07. The molecule has 2 aliphatic heterocycles. The van der Waals surface area contributed by atoms with E-state index in [1.165, 1.54) is 0 Å². The fourth-order valence-corrected chi connectivity index (χ4v) is 4.04. The van der Waals surface area contributed by atoms with Gasteiger partial charge in [0.2, 0.25) is 6.79 Å². The Hall–Kier alpha value is -4.26. The van der Waals surface area contributed by atoms with E-state index in [0.717, 1.165) is 22.0 Å². The number of carbonyl (C=O) groups is 1. The van der Waals surface area contributed by atoms with Crippen LogP contribution >= 0.6 is 0 Å². The van der Waals surface area contributed by atoms with Crippen molar-refractivity contribution in [2.24, 2.45) is 0 Å². The van der Waals surface area contributed by atoms with E-state index in [0.29, 0.717) is 54.0 Å². The van der Waals surface area contributed by atoms with Crippen molar-refractivity contribution in [1.82, 2.24) is 10.3 Å². The second kappa shape index (κ2) is 8.02. The molecular weight excluding hydrogens is 420 g/mol. The quantitative estimate of drug-likeness (QED) is 0.509. The Balaban J connectivity index is 1.32. The first-order valence-electron chi connectivity index (χ1n) is 10.7. The summed E-state index contributed by atoms with van der Waals surface area (Å²) >= 11 is 0. The number of para-hydroxylation sites is 1. The number of amides is 1. The van der Waals surface area contributed by atoms with E-state index in [1.54, 1.807) is 0 Å². The number of ether oxygens (including phenoxy) is 4. The monoisotopic (exact) mass is 440 g/mol. The zero-order chi connectivity index (χ0) is 22.2. The number of pyridine rings is 1. The number of fused-ring (bicyclic) bond motifs is 3. The van der Waals surface area contributed by atoms with Crippen molar-refractivity contribution in [3.05, 3.63) is 77.9 Å². The molecule has 7 heteroatoms. The molecule has 0 unspecified atom stereocenters. The Morgan fingerprint density at radius 3 is 2.52 bits per heavy atom. The third kappa shape index (κ3) is 3.67. The molecular formula is C26H20N2O5. The molecule has 6 rings (SSSR count). The molecule has 0 radical (unpaired) electrons. The normalized spacial score (nSPS) is 13.7. The maximum absolute atomic E-state index is 13.2. The molecule has 0 aliphatic carbocycles. The fraction of sp³-hybridized carbons (Fsp3) is 0.154. The highest BCUT2D eigenvalue weighted by atomic mass is 16.7. The number of benzene rings is 3. The molecule has 0 atom stereocenters. The minimum Gasteiger partial charge on any atom is -0.486 e. The first kappa shape index (κ1) is 19.4. The van der Waals surface area contributed by atoms with Gasteiger partial charge >= 0.3 is 0 Å². The van der Waals surface area contributed by atoms with Gasteiger partial charge in [0.05, 0.1) is 16.8 Å². The van der Waals surface area contributed by atoms with Crippen molar-refractivity contribution in [1.29, 1.82) is 0 Å². The van der Waals surface area contributed by atoms with Gasteiger partial charge in [-0.15, -0.1) is 0 Å².